The standard InChI is InChI=1S/C11H21NO4/c1-6-9(14)11(7(2)3,10(15)16-5)12-8(4)13/h7,9,14H,6H2,1-5H3,(H,12,13)/t9-,11-/m0/s1. The molecular formula is C11H21NO4. The number of carbonyl (C=O) groups is 2. The van der Waals surface area contributed by atoms with Crippen molar-refractivity contribution < 1.29 is 19.4 Å². The number of methoxy groups -OCH3 is 1. The lowest BCUT2D eigenvalue weighted by molar-refractivity contribution is -0.160. The Hall–Kier alpha value is -1.10. The quantitative estimate of drug-likeness (QED) is 0.674. The van der Waals surface area contributed by atoms with Crippen LogP contribution in [0, 0.1) is 5.92 Å². The average molecular weight is 231 g/mol. The van der Waals surface area contributed by atoms with Gasteiger partial charge in [-0.05, 0) is 12.3 Å². The lowest BCUT2D eigenvalue weighted by atomic mass is 9.80. The molecule has 0 bridgehead atoms. The molecule has 0 saturated carbocycles. The summed E-state index contributed by atoms with van der Waals surface area (Å²) in [5.74, 6) is -1.25. The van der Waals surface area contributed by atoms with Crippen LogP contribution in [-0.2, 0) is 14.3 Å². The highest BCUT2D eigenvalue weighted by Gasteiger charge is 2.49. The van der Waals surface area contributed by atoms with E-state index in [1.54, 1.807) is 20.8 Å². The van der Waals surface area contributed by atoms with E-state index in [2.05, 4.69) is 10.1 Å². The van der Waals surface area contributed by atoms with Crippen molar-refractivity contribution in [3.8, 4) is 0 Å². The van der Waals surface area contributed by atoms with Gasteiger partial charge in [0.1, 0.15) is 0 Å². The molecular weight excluding hydrogens is 210 g/mol. The number of carbonyl (C=O) groups excluding carboxylic acids is 2. The van der Waals surface area contributed by atoms with Gasteiger partial charge in [0.15, 0.2) is 5.54 Å². The monoisotopic (exact) mass is 231 g/mol. The molecule has 2 atom stereocenters. The predicted octanol–water partition coefficient (Wildman–Crippen LogP) is 0.461. The van der Waals surface area contributed by atoms with Crippen LogP contribution in [0.3, 0.4) is 0 Å². The van der Waals surface area contributed by atoms with Gasteiger partial charge in [0, 0.05) is 6.92 Å². The minimum Gasteiger partial charge on any atom is -0.467 e. The molecule has 0 spiro atoms. The van der Waals surface area contributed by atoms with E-state index in [1.807, 2.05) is 0 Å². The second-order valence-electron chi connectivity index (χ2n) is 4.12. The third kappa shape index (κ3) is 2.72. The topological polar surface area (TPSA) is 75.6 Å². The number of ether oxygens (including phenoxy) is 1. The van der Waals surface area contributed by atoms with Crippen LogP contribution in [0.15, 0.2) is 0 Å². The summed E-state index contributed by atoms with van der Waals surface area (Å²) < 4.78 is 4.69. The van der Waals surface area contributed by atoms with E-state index in [4.69, 9.17) is 0 Å². The van der Waals surface area contributed by atoms with Crippen LogP contribution in [0.5, 0.6) is 0 Å². The maximum atomic E-state index is 11.8. The summed E-state index contributed by atoms with van der Waals surface area (Å²) in [5.41, 5.74) is -1.37. The Morgan fingerprint density at radius 1 is 1.44 bits per heavy atom. The number of amides is 1. The van der Waals surface area contributed by atoms with Gasteiger partial charge in [0.2, 0.25) is 5.91 Å². The first kappa shape index (κ1) is 14.9. The highest BCUT2D eigenvalue weighted by atomic mass is 16.5. The zero-order chi connectivity index (χ0) is 12.9. The normalized spacial score (nSPS) is 16.4. The van der Waals surface area contributed by atoms with Crippen molar-refractivity contribution in [2.75, 3.05) is 7.11 Å². The second-order valence-corrected chi connectivity index (χ2v) is 4.12. The third-order valence-corrected chi connectivity index (χ3v) is 2.73. The molecule has 0 fully saturated rings. The number of nitrogens with one attached hydrogen (secondary N) is 1. The van der Waals surface area contributed by atoms with Gasteiger partial charge in [-0.3, -0.25) is 4.79 Å². The molecule has 5 nitrogen and oxygen atoms in total. The Labute approximate surface area is 96.2 Å². The fourth-order valence-corrected chi connectivity index (χ4v) is 1.82. The minimum absolute atomic E-state index is 0.265. The number of aliphatic hydroxyl groups excluding tert-OH is 1. The van der Waals surface area contributed by atoms with Gasteiger partial charge in [-0.1, -0.05) is 20.8 Å². The molecule has 0 rings (SSSR count). The molecule has 0 saturated heterocycles. The Bertz CT molecular complexity index is 265. The highest BCUT2D eigenvalue weighted by Crippen LogP contribution is 2.25. The smallest absolute Gasteiger partial charge is 0.334 e. The molecule has 0 aromatic rings. The molecule has 5 heteroatoms. The second kappa shape index (κ2) is 5.84. The SMILES string of the molecule is CC[C@H](O)[C@](NC(C)=O)(C(=O)OC)C(C)C. The van der Waals surface area contributed by atoms with Crippen molar-refractivity contribution in [2.45, 2.75) is 45.8 Å². The third-order valence-electron chi connectivity index (χ3n) is 2.73. The summed E-state index contributed by atoms with van der Waals surface area (Å²) in [5, 5.41) is 12.5. The van der Waals surface area contributed by atoms with Crippen LogP contribution >= 0.6 is 0 Å². The Morgan fingerprint density at radius 3 is 2.19 bits per heavy atom. The molecule has 0 unspecified atom stereocenters. The predicted molar refractivity (Wildman–Crippen MR) is 59.7 cm³/mol. The minimum atomic E-state index is -1.37. The molecule has 0 radical (unpaired) electrons. The molecule has 0 aliphatic heterocycles. The first-order chi connectivity index (χ1) is 7.32. The van der Waals surface area contributed by atoms with E-state index in [9.17, 15) is 14.7 Å². The van der Waals surface area contributed by atoms with Crippen molar-refractivity contribution in [1.82, 2.24) is 5.32 Å². The van der Waals surface area contributed by atoms with Crippen molar-refractivity contribution in [1.29, 1.82) is 0 Å². The van der Waals surface area contributed by atoms with Gasteiger partial charge in [0.25, 0.3) is 0 Å². The maximum Gasteiger partial charge on any atom is 0.334 e. The maximum absolute atomic E-state index is 11.8. The molecule has 0 aromatic heterocycles. The van der Waals surface area contributed by atoms with E-state index in [-0.39, 0.29) is 11.8 Å². The number of hydrogen-bond acceptors (Lipinski definition) is 4. The van der Waals surface area contributed by atoms with Crippen LogP contribution in [0.1, 0.15) is 34.1 Å². The zero-order valence-electron chi connectivity index (χ0n) is 10.5. The molecule has 2 N–H and O–H groups in total. The van der Waals surface area contributed by atoms with Crippen LogP contribution in [0.4, 0.5) is 0 Å². The molecule has 16 heavy (non-hydrogen) atoms. The van der Waals surface area contributed by atoms with Crippen LogP contribution in [0.2, 0.25) is 0 Å². The van der Waals surface area contributed by atoms with Gasteiger partial charge in [0.05, 0.1) is 13.2 Å². The molecule has 1 amide bonds. The van der Waals surface area contributed by atoms with E-state index >= 15 is 0 Å². The lowest BCUT2D eigenvalue weighted by Gasteiger charge is -2.38. The Morgan fingerprint density at radius 2 is 1.94 bits per heavy atom. The van der Waals surface area contributed by atoms with Crippen LogP contribution in [-0.4, -0.2) is 35.7 Å². The largest absolute Gasteiger partial charge is 0.467 e. The van der Waals surface area contributed by atoms with E-state index in [1.165, 1.54) is 14.0 Å². The fourth-order valence-electron chi connectivity index (χ4n) is 1.82. The summed E-state index contributed by atoms with van der Waals surface area (Å²) >= 11 is 0. The van der Waals surface area contributed by atoms with Gasteiger partial charge in [-0.2, -0.15) is 0 Å². The summed E-state index contributed by atoms with van der Waals surface area (Å²) in [4.78, 5) is 23.0. The van der Waals surface area contributed by atoms with Crippen molar-refractivity contribution in [3.05, 3.63) is 0 Å². The van der Waals surface area contributed by atoms with Crippen LogP contribution < -0.4 is 5.32 Å². The summed E-state index contributed by atoms with van der Waals surface area (Å²) in [6.45, 7) is 6.56. The Kier molecular flexibility index (Phi) is 5.44. The molecule has 0 heterocycles. The van der Waals surface area contributed by atoms with Gasteiger partial charge in [-0.25, -0.2) is 4.79 Å². The zero-order valence-corrected chi connectivity index (χ0v) is 10.5. The molecule has 0 aromatic carbocycles. The molecule has 0 aliphatic carbocycles. The summed E-state index contributed by atoms with van der Waals surface area (Å²) in [7, 11) is 1.24. The number of rotatable bonds is 5. The van der Waals surface area contributed by atoms with Crippen molar-refractivity contribution >= 4 is 11.9 Å². The van der Waals surface area contributed by atoms with Crippen LogP contribution in [0.25, 0.3) is 0 Å². The molecule has 94 valence electrons. The molecule has 0 aliphatic rings. The fraction of sp³-hybridized carbons (Fsp3) is 0.818. The lowest BCUT2D eigenvalue weighted by Crippen LogP contribution is -2.65. The number of esters is 1. The Balaban J connectivity index is 5.38. The van der Waals surface area contributed by atoms with E-state index in [0.717, 1.165) is 0 Å². The van der Waals surface area contributed by atoms with E-state index < -0.39 is 17.6 Å². The van der Waals surface area contributed by atoms with Crippen molar-refractivity contribution in [3.63, 3.8) is 0 Å². The van der Waals surface area contributed by atoms with Crippen molar-refractivity contribution in [2.24, 2.45) is 5.92 Å². The number of aliphatic hydroxyl groups is 1. The first-order valence-corrected chi connectivity index (χ1v) is 5.38. The summed E-state index contributed by atoms with van der Waals surface area (Å²) in [6.07, 6.45) is -0.614. The van der Waals surface area contributed by atoms with Gasteiger partial charge < -0.3 is 15.2 Å². The first-order valence-electron chi connectivity index (χ1n) is 5.38. The van der Waals surface area contributed by atoms with Gasteiger partial charge >= 0.3 is 5.97 Å². The average Bonchev–Trinajstić information content (AvgIpc) is 2.22. The summed E-state index contributed by atoms with van der Waals surface area (Å²) in [6, 6.07) is 0. The highest BCUT2D eigenvalue weighted by molar-refractivity contribution is 5.88. The number of hydrogen-bond donors (Lipinski definition) is 2. The van der Waals surface area contributed by atoms with Gasteiger partial charge in [-0.15, -0.1) is 0 Å². The van der Waals surface area contributed by atoms with E-state index in [0.29, 0.717) is 6.42 Å².